The third kappa shape index (κ3) is 5.73. The average molecular weight is 395 g/mol. The van der Waals surface area contributed by atoms with E-state index in [0.29, 0.717) is 15.7 Å². The van der Waals surface area contributed by atoms with Gasteiger partial charge in [-0.15, -0.1) is 0 Å². The SMILES string of the molecule is C[C@@H]([NH2+]CC(=O)N(C)CC(=O)Nc1ccccc1Cl)c1ccccc1Cl. The molecule has 2 amide bonds. The summed E-state index contributed by atoms with van der Waals surface area (Å²) < 4.78 is 0. The smallest absolute Gasteiger partial charge is 0.277 e. The first-order valence-electron chi connectivity index (χ1n) is 8.24. The molecule has 0 radical (unpaired) electrons. The van der Waals surface area contributed by atoms with E-state index in [1.54, 1.807) is 31.3 Å². The van der Waals surface area contributed by atoms with Crippen LogP contribution in [0, 0.1) is 0 Å². The molecule has 7 heteroatoms. The van der Waals surface area contributed by atoms with Gasteiger partial charge in [0.2, 0.25) is 5.91 Å². The average Bonchev–Trinajstić information content (AvgIpc) is 2.61. The minimum Gasteiger partial charge on any atom is -0.332 e. The van der Waals surface area contributed by atoms with Gasteiger partial charge in [-0.3, -0.25) is 9.59 Å². The lowest BCUT2D eigenvalue weighted by molar-refractivity contribution is -0.683. The molecule has 0 unspecified atom stereocenters. The zero-order valence-electron chi connectivity index (χ0n) is 14.7. The monoisotopic (exact) mass is 394 g/mol. The number of hydrogen-bond donors (Lipinski definition) is 2. The highest BCUT2D eigenvalue weighted by Gasteiger charge is 2.18. The highest BCUT2D eigenvalue weighted by molar-refractivity contribution is 6.33. The van der Waals surface area contributed by atoms with E-state index in [2.05, 4.69) is 5.32 Å². The third-order valence-corrected chi connectivity index (χ3v) is 4.67. The standard InChI is InChI=1S/C19H21Cl2N3O2/c1-13(14-7-3-4-8-15(14)20)22-11-19(26)24(2)12-18(25)23-17-10-6-5-9-16(17)21/h3-10,13,22H,11-12H2,1-2H3,(H,23,25)/p+1/t13-/m1/s1. The van der Waals surface area contributed by atoms with Gasteiger partial charge < -0.3 is 15.5 Å². The van der Waals surface area contributed by atoms with Crippen LogP contribution in [0.3, 0.4) is 0 Å². The van der Waals surface area contributed by atoms with E-state index in [-0.39, 0.29) is 30.9 Å². The Hall–Kier alpha value is -2.08. The van der Waals surface area contributed by atoms with Crippen LogP contribution in [0.5, 0.6) is 0 Å². The molecule has 0 aliphatic carbocycles. The molecule has 0 aliphatic rings. The molecule has 138 valence electrons. The van der Waals surface area contributed by atoms with Crippen molar-refractivity contribution in [3.05, 3.63) is 64.1 Å². The number of carbonyl (C=O) groups excluding carboxylic acids is 2. The van der Waals surface area contributed by atoms with Crippen LogP contribution in [0.1, 0.15) is 18.5 Å². The number of carbonyl (C=O) groups is 2. The van der Waals surface area contributed by atoms with Crippen molar-refractivity contribution in [2.75, 3.05) is 25.5 Å². The van der Waals surface area contributed by atoms with Gasteiger partial charge >= 0.3 is 0 Å². The van der Waals surface area contributed by atoms with Crippen molar-refractivity contribution in [1.82, 2.24) is 4.90 Å². The second kappa shape index (κ2) is 9.57. The van der Waals surface area contributed by atoms with E-state index >= 15 is 0 Å². The molecule has 0 bridgehead atoms. The highest BCUT2D eigenvalue weighted by Crippen LogP contribution is 2.20. The van der Waals surface area contributed by atoms with Gasteiger partial charge in [0.25, 0.3) is 5.91 Å². The van der Waals surface area contributed by atoms with E-state index in [0.717, 1.165) is 5.56 Å². The van der Waals surface area contributed by atoms with E-state index in [1.165, 1.54) is 4.90 Å². The number of nitrogens with two attached hydrogens (primary N) is 1. The first kappa shape index (κ1) is 20.2. The number of rotatable bonds is 7. The van der Waals surface area contributed by atoms with Gasteiger partial charge in [0.15, 0.2) is 6.54 Å². The maximum absolute atomic E-state index is 12.3. The summed E-state index contributed by atoms with van der Waals surface area (Å²) in [7, 11) is 1.60. The van der Waals surface area contributed by atoms with Crippen LogP contribution in [0.2, 0.25) is 10.0 Å². The molecule has 0 spiro atoms. The molecule has 5 nitrogen and oxygen atoms in total. The minimum atomic E-state index is -0.298. The molecule has 0 aliphatic heterocycles. The third-order valence-electron chi connectivity index (χ3n) is 4.00. The number of para-hydroxylation sites is 1. The predicted octanol–water partition coefficient (Wildman–Crippen LogP) is 2.71. The molecule has 0 heterocycles. The topological polar surface area (TPSA) is 66.0 Å². The van der Waals surface area contributed by atoms with Gasteiger partial charge in [-0.05, 0) is 25.1 Å². The molecule has 26 heavy (non-hydrogen) atoms. The van der Waals surface area contributed by atoms with Gasteiger partial charge in [0.1, 0.15) is 6.04 Å². The fourth-order valence-electron chi connectivity index (χ4n) is 2.46. The Morgan fingerprint density at radius 3 is 2.35 bits per heavy atom. The number of quaternary nitrogens is 1. The fraction of sp³-hybridized carbons (Fsp3) is 0.263. The number of anilines is 1. The van der Waals surface area contributed by atoms with E-state index in [1.807, 2.05) is 36.5 Å². The van der Waals surface area contributed by atoms with Gasteiger partial charge in [-0.1, -0.05) is 53.5 Å². The molecule has 2 rings (SSSR count). The molecule has 1 atom stereocenters. The number of nitrogens with zero attached hydrogens (tertiary/aromatic N) is 1. The first-order valence-corrected chi connectivity index (χ1v) is 9.00. The van der Waals surface area contributed by atoms with Crippen LogP contribution >= 0.6 is 23.2 Å². The molecule has 0 saturated carbocycles. The van der Waals surface area contributed by atoms with Crippen molar-refractivity contribution in [3.63, 3.8) is 0 Å². The Bertz CT molecular complexity index is 783. The summed E-state index contributed by atoms with van der Waals surface area (Å²) in [4.78, 5) is 25.8. The summed E-state index contributed by atoms with van der Waals surface area (Å²) in [5.74, 6) is -0.439. The fourth-order valence-corrected chi connectivity index (χ4v) is 2.95. The lowest BCUT2D eigenvalue weighted by atomic mass is 10.1. The van der Waals surface area contributed by atoms with Crippen LogP contribution in [0.25, 0.3) is 0 Å². The second-order valence-corrected chi connectivity index (χ2v) is 6.84. The number of likely N-dealkylation sites (N-methyl/N-ethyl adjacent to an activating group) is 1. The lowest BCUT2D eigenvalue weighted by Crippen LogP contribution is -2.87. The van der Waals surface area contributed by atoms with Crippen LogP contribution in [-0.2, 0) is 9.59 Å². The van der Waals surface area contributed by atoms with Gasteiger partial charge in [0, 0.05) is 17.6 Å². The highest BCUT2D eigenvalue weighted by atomic mass is 35.5. The maximum atomic E-state index is 12.3. The summed E-state index contributed by atoms with van der Waals surface area (Å²) in [6, 6.07) is 14.6. The van der Waals surface area contributed by atoms with Crippen LogP contribution in [-0.4, -0.2) is 36.9 Å². The van der Waals surface area contributed by atoms with Crippen LogP contribution in [0.15, 0.2) is 48.5 Å². The van der Waals surface area contributed by atoms with Crippen molar-refractivity contribution >= 4 is 40.7 Å². The van der Waals surface area contributed by atoms with Crippen molar-refractivity contribution < 1.29 is 14.9 Å². The van der Waals surface area contributed by atoms with Crippen LogP contribution in [0.4, 0.5) is 5.69 Å². The zero-order chi connectivity index (χ0) is 19.1. The van der Waals surface area contributed by atoms with Crippen molar-refractivity contribution in [2.24, 2.45) is 0 Å². The molecule has 2 aromatic rings. The first-order chi connectivity index (χ1) is 12.4. The molecule has 0 saturated heterocycles. The maximum Gasteiger partial charge on any atom is 0.277 e. The number of halogens is 2. The number of nitrogens with one attached hydrogen (secondary N) is 1. The Kier molecular flexibility index (Phi) is 7.45. The van der Waals surface area contributed by atoms with Gasteiger partial charge in [0.05, 0.1) is 17.3 Å². The van der Waals surface area contributed by atoms with E-state index < -0.39 is 0 Å². The quantitative estimate of drug-likeness (QED) is 0.757. The van der Waals surface area contributed by atoms with Crippen molar-refractivity contribution in [2.45, 2.75) is 13.0 Å². The Morgan fingerprint density at radius 1 is 1.08 bits per heavy atom. The van der Waals surface area contributed by atoms with Gasteiger partial charge in [-0.2, -0.15) is 0 Å². The predicted molar refractivity (Wildman–Crippen MR) is 104 cm³/mol. The minimum absolute atomic E-state index is 0.0398. The number of hydrogen-bond acceptors (Lipinski definition) is 2. The Morgan fingerprint density at radius 2 is 1.69 bits per heavy atom. The normalized spacial score (nSPS) is 11.7. The number of benzene rings is 2. The lowest BCUT2D eigenvalue weighted by Gasteiger charge is -2.18. The summed E-state index contributed by atoms with van der Waals surface area (Å²) in [5.41, 5.74) is 1.50. The molecule has 3 N–H and O–H groups in total. The zero-order valence-corrected chi connectivity index (χ0v) is 16.2. The molecular formula is C19H22Cl2N3O2+. The number of amides is 2. The summed E-state index contributed by atoms with van der Waals surface area (Å²) in [6.07, 6.45) is 0. The Labute approximate surface area is 163 Å². The summed E-state index contributed by atoms with van der Waals surface area (Å²) in [5, 5.41) is 5.73. The van der Waals surface area contributed by atoms with Gasteiger partial charge in [-0.25, -0.2) is 0 Å². The molecule has 0 fully saturated rings. The largest absolute Gasteiger partial charge is 0.332 e. The molecule has 2 aromatic carbocycles. The Balaban J connectivity index is 1.83. The van der Waals surface area contributed by atoms with Crippen LogP contribution < -0.4 is 10.6 Å². The summed E-state index contributed by atoms with van der Waals surface area (Å²) >= 11 is 12.2. The molecule has 0 aromatic heterocycles. The van der Waals surface area contributed by atoms with Crippen molar-refractivity contribution in [3.8, 4) is 0 Å². The summed E-state index contributed by atoms with van der Waals surface area (Å²) in [6.45, 7) is 2.17. The van der Waals surface area contributed by atoms with E-state index in [4.69, 9.17) is 23.2 Å². The van der Waals surface area contributed by atoms with Crippen molar-refractivity contribution in [1.29, 1.82) is 0 Å². The van der Waals surface area contributed by atoms with E-state index in [9.17, 15) is 9.59 Å². The second-order valence-electron chi connectivity index (χ2n) is 6.03. The molecular weight excluding hydrogens is 373 g/mol.